The summed E-state index contributed by atoms with van der Waals surface area (Å²) in [6.07, 6.45) is 1.24. The van der Waals surface area contributed by atoms with Crippen molar-refractivity contribution in [3.63, 3.8) is 0 Å². The molecule has 2 rings (SSSR count). The molecule has 2 N–H and O–H groups in total. The van der Waals surface area contributed by atoms with E-state index in [1.165, 1.54) is 10.6 Å². The lowest BCUT2D eigenvalue weighted by Crippen LogP contribution is -2.24. The number of imidazole rings is 1. The van der Waals surface area contributed by atoms with Crippen LogP contribution in [-0.4, -0.2) is 20.6 Å². The second-order valence-electron chi connectivity index (χ2n) is 3.57. The number of nitrogens with zero attached hydrogens (tertiary/aromatic N) is 2. The topological polar surface area (TPSA) is 66.6 Å². The van der Waals surface area contributed by atoms with Gasteiger partial charge in [-0.1, -0.05) is 0 Å². The van der Waals surface area contributed by atoms with Gasteiger partial charge in [-0.05, 0) is 6.92 Å². The first-order valence-electron chi connectivity index (χ1n) is 4.80. The number of nitrogens with one attached hydrogen (secondary N) is 1. The van der Waals surface area contributed by atoms with Crippen LogP contribution >= 0.6 is 0 Å². The van der Waals surface area contributed by atoms with Crippen molar-refractivity contribution in [1.29, 1.82) is 0 Å². The number of carbonyl (C=O) groups is 1. The van der Waals surface area contributed by atoms with Crippen LogP contribution in [0.25, 0.3) is 5.65 Å². The number of hydrogen-bond donors (Lipinski definition) is 2. The molecule has 2 aromatic rings. The zero-order valence-corrected chi connectivity index (χ0v) is 8.82. The molecule has 7 heteroatoms. The van der Waals surface area contributed by atoms with Crippen LogP contribution in [-0.2, 0) is 0 Å². The SMILES string of the molecule is CC(NC(=O)O)c1cn2cc(F)cc(F)c2n1. The Bertz CT molecular complexity index is 582. The molecule has 2 heterocycles. The summed E-state index contributed by atoms with van der Waals surface area (Å²) < 4.78 is 27.4. The van der Waals surface area contributed by atoms with E-state index in [1.54, 1.807) is 6.92 Å². The highest BCUT2D eigenvalue weighted by Gasteiger charge is 2.14. The maximum atomic E-state index is 13.3. The molecule has 0 aliphatic carbocycles. The van der Waals surface area contributed by atoms with E-state index in [-0.39, 0.29) is 5.65 Å². The van der Waals surface area contributed by atoms with Crippen LogP contribution in [0, 0.1) is 11.6 Å². The molecule has 0 saturated carbocycles. The number of halogens is 2. The predicted molar refractivity (Wildman–Crippen MR) is 54.7 cm³/mol. The summed E-state index contributed by atoms with van der Waals surface area (Å²) >= 11 is 0. The fraction of sp³-hybridized carbons (Fsp3) is 0.200. The van der Waals surface area contributed by atoms with Gasteiger partial charge in [0.05, 0.1) is 11.7 Å². The van der Waals surface area contributed by atoms with Crippen LogP contribution < -0.4 is 5.32 Å². The lowest BCUT2D eigenvalue weighted by Gasteiger charge is -2.06. The van der Waals surface area contributed by atoms with Gasteiger partial charge in [0.25, 0.3) is 0 Å². The molecule has 0 bridgehead atoms. The van der Waals surface area contributed by atoms with Crippen molar-refractivity contribution < 1.29 is 18.7 Å². The van der Waals surface area contributed by atoms with Crippen molar-refractivity contribution in [2.45, 2.75) is 13.0 Å². The highest BCUT2D eigenvalue weighted by molar-refractivity contribution is 5.65. The van der Waals surface area contributed by atoms with Crippen LogP contribution in [0.4, 0.5) is 13.6 Å². The molecule has 0 aromatic carbocycles. The average Bonchev–Trinajstić information content (AvgIpc) is 2.60. The lowest BCUT2D eigenvalue weighted by atomic mass is 10.3. The third kappa shape index (κ3) is 2.17. The molecular formula is C10H9F2N3O2. The molecule has 1 atom stereocenters. The summed E-state index contributed by atoms with van der Waals surface area (Å²) in [6, 6.07) is 0.122. The number of pyridine rings is 1. The monoisotopic (exact) mass is 241 g/mol. The molecule has 1 amide bonds. The van der Waals surface area contributed by atoms with Gasteiger partial charge in [-0.2, -0.15) is 0 Å². The van der Waals surface area contributed by atoms with Crippen molar-refractivity contribution in [2.75, 3.05) is 0 Å². The van der Waals surface area contributed by atoms with E-state index in [1.807, 2.05) is 0 Å². The van der Waals surface area contributed by atoms with Gasteiger partial charge in [0.1, 0.15) is 5.82 Å². The molecule has 0 aliphatic heterocycles. The average molecular weight is 241 g/mol. The van der Waals surface area contributed by atoms with E-state index >= 15 is 0 Å². The van der Waals surface area contributed by atoms with Gasteiger partial charge in [0, 0.05) is 18.5 Å². The third-order valence-electron chi connectivity index (χ3n) is 2.28. The van der Waals surface area contributed by atoms with Crippen molar-refractivity contribution >= 4 is 11.7 Å². The molecule has 0 saturated heterocycles. The second-order valence-corrected chi connectivity index (χ2v) is 3.57. The maximum absolute atomic E-state index is 13.3. The number of amides is 1. The molecule has 5 nitrogen and oxygen atoms in total. The summed E-state index contributed by atoms with van der Waals surface area (Å²) in [5, 5.41) is 10.7. The van der Waals surface area contributed by atoms with Crippen molar-refractivity contribution in [3.8, 4) is 0 Å². The number of rotatable bonds is 2. The standard InChI is InChI=1S/C10H9F2N3O2/c1-5(13-10(16)17)8-4-15-3-6(11)2-7(12)9(15)14-8/h2-5,13H,1H3,(H,16,17). The summed E-state index contributed by atoms with van der Waals surface area (Å²) in [6.45, 7) is 1.56. The highest BCUT2D eigenvalue weighted by atomic mass is 19.1. The minimum Gasteiger partial charge on any atom is -0.465 e. The Balaban J connectivity index is 2.44. The summed E-state index contributed by atoms with van der Waals surface area (Å²) in [4.78, 5) is 14.3. The van der Waals surface area contributed by atoms with E-state index in [9.17, 15) is 13.6 Å². The first-order chi connectivity index (χ1) is 7.97. The molecule has 17 heavy (non-hydrogen) atoms. The zero-order valence-electron chi connectivity index (χ0n) is 8.82. The second kappa shape index (κ2) is 4.00. The van der Waals surface area contributed by atoms with Crippen LogP contribution in [0.3, 0.4) is 0 Å². The molecule has 0 aliphatic rings. The minimum absolute atomic E-state index is 0.0413. The van der Waals surface area contributed by atoms with Crippen molar-refractivity contribution in [3.05, 3.63) is 35.8 Å². The molecule has 2 aromatic heterocycles. The van der Waals surface area contributed by atoms with Gasteiger partial charge in [0.15, 0.2) is 11.5 Å². The highest BCUT2D eigenvalue weighted by Crippen LogP contribution is 2.16. The molecule has 90 valence electrons. The lowest BCUT2D eigenvalue weighted by molar-refractivity contribution is 0.190. The van der Waals surface area contributed by atoms with Gasteiger partial charge in [-0.15, -0.1) is 0 Å². The normalized spacial score (nSPS) is 12.6. The molecule has 0 spiro atoms. The van der Waals surface area contributed by atoms with Gasteiger partial charge < -0.3 is 14.8 Å². The van der Waals surface area contributed by atoms with E-state index in [0.29, 0.717) is 5.69 Å². The Morgan fingerprint density at radius 1 is 1.53 bits per heavy atom. The Morgan fingerprint density at radius 2 is 2.24 bits per heavy atom. The van der Waals surface area contributed by atoms with Crippen molar-refractivity contribution in [1.82, 2.24) is 14.7 Å². The van der Waals surface area contributed by atoms with E-state index in [2.05, 4.69) is 10.3 Å². The Hall–Kier alpha value is -2.18. The van der Waals surface area contributed by atoms with Crippen LogP contribution in [0.15, 0.2) is 18.5 Å². The van der Waals surface area contributed by atoms with Crippen LogP contribution in [0.1, 0.15) is 18.7 Å². The van der Waals surface area contributed by atoms with Gasteiger partial charge in [0.2, 0.25) is 0 Å². The van der Waals surface area contributed by atoms with Gasteiger partial charge in [-0.25, -0.2) is 18.6 Å². The number of carboxylic acid groups (broad SMARTS) is 1. The smallest absolute Gasteiger partial charge is 0.405 e. The molecule has 0 radical (unpaired) electrons. The largest absolute Gasteiger partial charge is 0.465 e. The fourth-order valence-electron chi connectivity index (χ4n) is 1.51. The Labute approximate surface area is 94.7 Å². The van der Waals surface area contributed by atoms with Gasteiger partial charge in [-0.3, -0.25) is 0 Å². The summed E-state index contributed by atoms with van der Waals surface area (Å²) in [5.41, 5.74) is 0.275. The molecular weight excluding hydrogens is 232 g/mol. The van der Waals surface area contributed by atoms with Gasteiger partial charge >= 0.3 is 6.09 Å². The summed E-state index contributed by atoms with van der Waals surface area (Å²) in [7, 11) is 0. The van der Waals surface area contributed by atoms with E-state index in [0.717, 1.165) is 12.3 Å². The molecule has 1 unspecified atom stereocenters. The van der Waals surface area contributed by atoms with Crippen molar-refractivity contribution in [2.24, 2.45) is 0 Å². The van der Waals surface area contributed by atoms with Crippen LogP contribution in [0.2, 0.25) is 0 Å². The quantitative estimate of drug-likeness (QED) is 0.844. The Kier molecular flexibility index (Phi) is 2.66. The maximum Gasteiger partial charge on any atom is 0.405 e. The molecule has 0 fully saturated rings. The number of hydrogen-bond acceptors (Lipinski definition) is 2. The Morgan fingerprint density at radius 3 is 2.88 bits per heavy atom. The predicted octanol–water partition coefficient (Wildman–Crippen LogP) is 1.94. The number of fused-ring (bicyclic) bond motifs is 1. The number of aromatic nitrogens is 2. The minimum atomic E-state index is -1.21. The van der Waals surface area contributed by atoms with E-state index in [4.69, 9.17) is 5.11 Å². The first kappa shape index (κ1) is 11.3. The first-order valence-corrected chi connectivity index (χ1v) is 4.80. The fourth-order valence-corrected chi connectivity index (χ4v) is 1.51. The zero-order chi connectivity index (χ0) is 12.6. The van der Waals surface area contributed by atoms with E-state index < -0.39 is 23.8 Å². The van der Waals surface area contributed by atoms with Crippen LogP contribution in [0.5, 0.6) is 0 Å². The third-order valence-corrected chi connectivity index (χ3v) is 2.28. The summed E-state index contributed by atoms with van der Waals surface area (Å²) in [5.74, 6) is -1.52.